The van der Waals surface area contributed by atoms with E-state index in [9.17, 15) is 4.79 Å². The largest absolute Gasteiger partial charge is 0.495 e. The summed E-state index contributed by atoms with van der Waals surface area (Å²) in [5, 5.41) is 13.8. The van der Waals surface area contributed by atoms with Gasteiger partial charge in [0, 0.05) is 44.5 Å². The van der Waals surface area contributed by atoms with Crippen molar-refractivity contribution in [3.63, 3.8) is 0 Å². The smallest absolute Gasteiger partial charge is 0.252 e. The number of fused-ring (bicyclic) bond motifs is 1. The fraction of sp³-hybridized carbons (Fsp3) is 0.520. The Balaban J connectivity index is 1.73. The summed E-state index contributed by atoms with van der Waals surface area (Å²) in [5.41, 5.74) is 3.23. The van der Waals surface area contributed by atoms with Gasteiger partial charge in [0.2, 0.25) is 0 Å². The van der Waals surface area contributed by atoms with Gasteiger partial charge in [-0.25, -0.2) is 0 Å². The quantitative estimate of drug-likeness (QED) is 0.532. The van der Waals surface area contributed by atoms with Crippen molar-refractivity contribution in [1.29, 1.82) is 5.26 Å². The van der Waals surface area contributed by atoms with Crippen molar-refractivity contribution in [2.45, 2.75) is 58.3 Å². The molecule has 180 valence electrons. The summed E-state index contributed by atoms with van der Waals surface area (Å²) in [6.45, 7) is 8.34. The van der Waals surface area contributed by atoms with Gasteiger partial charge < -0.3 is 14.2 Å². The topological polar surface area (TPSA) is 92.2 Å². The fourth-order valence-electron chi connectivity index (χ4n) is 5.11. The molecule has 3 aromatic heterocycles. The number of aryl methyl sites for hydroxylation is 1. The maximum absolute atomic E-state index is 12.8. The van der Waals surface area contributed by atoms with E-state index in [-0.39, 0.29) is 30.2 Å². The predicted octanol–water partition coefficient (Wildman–Crippen LogP) is 3.10. The minimum Gasteiger partial charge on any atom is -0.495 e. The van der Waals surface area contributed by atoms with Crippen molar-refractivity contribution in [3.8, 4) is 11.8 Å². The number of piperazine rings is 1. The van der Waals surface area contributed by atoms with Crippen LogP contribution in [0.1, 0.15) is 45.3 Å². The Morgan fingerprint density at radius 2 is 2.03 bits per heavy atom. The number of rotatable bonds is 7. The third-order valence-electron chi connectivity index (χ3n) is 7.07. The van der Waals surface area contributed by atoms with E-state index in [1.54, 1.807) is 35.7 Å². The van der Waals surface area contributed by atoms with Gasteiger partial charge in [0.15, 0.2) is 0 Å². The van der Waals surface area contributed by atoms with Crippen LogP contribution in [0, 0.1) is 11.3 Å². The first-order valence-corrected chi connectivity index (χ1v) is 11.9. The number of nitriles is 1. The van der Waals surface area contributed by atoms with Crippen LogP contribution in [0.3, 0.4) is 0 Å². The Kier molecular flexibility index (Phi) is 6.89. The zero-order valence-corrected chi connectivity index (χ0v) is 20.6. The Morgan fingerprint density at radius 3 is 2.71 bits per heavy atom. The van der Waals surface area contributed by atoms with Gasteiger partial charge in [-0.2, -0.15) is 10.4 Å². The van der Waals surface area contributed by atoms with Crippen LogP contribution in [-0.4, -0.2) is 56.5 Å². The normalized spacial score (nSPS) is 19.8. The van der Waals surface area contributed by atoms with Gasteiger partial charge in [-0.1, -0.05) is 13.8 Å². The second kappa shape index (κ2) is 9.85. The third-order valence-corrected chi connectivity index (χ3v) is 7.07. The lowest BCUT2D eigenvalue weighted by molar-refractivity contribution is 0.0976. The molecular weight excluding hydrogens is 430 g/mol. The first kappa shape index (κ1) is 23.8. The zero-order chi connectivity index (χ0) is 24.4. The van der Waals surface area contributed by atoms with Gasteiger partial charge in [-0.15, -0.1) is 0 Å². The van der Waals surface area contributed by atoms with E-state index in [4.69, 9.17) is 10.00 Å². The minimum atomic E-state index is -0.0732. The first-order valence-electron chi connectivity index (χ1n) is 11.9. The second-order valence-electron chi connectivity index (χ2n) is 8.89. The molecule has 9 nitrogen and oxygen atoms in total. The molecule has 0 amide bonds. The summed E-state index contributed by atoms with van der Waals surface area (Å²) >= 11 is 0. The van der Waals surface area contributed by atoms with Crippen LogP contribution >= 0.6 is 0 Å². The zero-order valence-electron chi connectivity index (χ0n) is 20.6. The average molecular weight is 464 g/mol. The fourth-order valence-corrected chi connectivity index (χ4v) is 5.11. The number of hydrogen-bond acceptors (Lipinski definition) is 7. The Morgan fingerprint density at radius 1 is 1.26 bits per heavy atom. The van der Waals surface area contributed by atoms with E-state index in [2.05, 4.69) is 46.7 Å². The van der Waals surface area contributed by atoms with Gasteiger partial charge in [0.05, 0.1) is 42.3 Å². The third kappa shape index (κ3) is 4.14. The summed E-state index contributed by atoms with van der Waals surface area (Å²) in [7, 11) is 3.43. The van der Waals surface area contributed by atoms with E-state index < -0.39 is 0 Å². The van der Waals surface area contributed by atoms with Crippen molar-refractivity contribution in [1.82, 2.24) is 24.2 Å². The van der Waals surface area contributed by atoms with E-state index in [0.29, 0.717) is 0 Å². The molecule has 0 aliphatic carbocycles. The highest BCUT2D eigenvalue weighted by molar-refractivity contribution is 5.88. The van der Waals surface area contributed by atoms with Crippen LogP contribution in [-0.2, 0) is 13.6 Å². The van der Waals surface area contributed by atoms with Crippen LogP contribution in [0.15, 0.2) is 35.4 Å². The monoisotopic (exact) mass is 463 g/mol. The van der Waals surface area contributed by atoms with Crippen LogP contribution in [0.2, 0.25) is 0 Å². The molecule has 0 saturated carbocycles. The van der Waals surface area contributed by atoms with Crippen LogP contribution in [0.4, 0.5) is 5.69 Å². The van der Waals surface area contributed by atoms with Crippen LogP contribution in [0.25, 0.3) is 11.0 Å². The molecule has 1 aliphatic rings. The molecule has 9 heteroatoms. The lowest BCUT2D eigenvalue weighted by atomic mass is 9.98. The number of hydrogen-bond donors (Lipinski definition) is 0. The number of nitrogens with zero attached hydrogens (tertiary/aromatic N) is 7. The van der Waals surface area contributed by atoms with E-state index in [1.165, 1.54) is 0 Å². The van der Waals surface area contributed by atoms with Crippen LogP contribution < -0.4 is 15.2 Å². The lowest BCUT2D eigenvalue weighted by Crippen LogP contribution is -2.59. The summed E-state index contributed by atoms with van der Waals surface area (Å²) in [4.78, 5) is 22.3. The molecule has 4 heterocycles. The molecule has 0 N–H and O–H groups in total. The van der Waals surface area contributed by atoms with Crippen molar-refractivity contribution in [2.75, 3.05) is 25.1 Å². The average Bonchev–Trinajstić information content (AvgIpc) is 3.29. The van der Waals surface area contributed by atoms with E-state index >= 15 is 0 Å². The van der Waals surface area contributed by atoms with Gasteiger partial charge in [-0.3, -0.25) is 19.4 Å². The van der Waals surface area contributed by atoms with Crippen molar-refractivity contribution < 1.29 is 4.74 Å². The second-order valence-corrected chi connectivity index (χ2v) is 8.89. The maximum atomic E-state index is 12.8. The molecule has 1 fully saturated rings. The minimum absolute atomic E-state index is 0.0732. The summed E-state index contributed by atoms with van der Waals surface area (Å²) < 4.78 is 8.80. The van der Waals surface area contributed by atoms with Gasteiger partial charge in [0.1, 0.15) is 17.8 Å². The number of anilines is 1. The summed E-state index contributed by atoms with van der Waals surface area (Å²) in [6, 6.07) is 8.25. The highest BCUT2D eigenvalue weighted by Crippen LogP contribution is 2.35. The van der Waals surface area contributed by atoms with Gasteiger partial charge in [0.25, 0.3) is 5.56 Å². The molecule has 0 spiro atoms. The van der Waals surface area contributed by atoms with Crippen molar-refractivity contribution in [3.05, 3.63) is 46.6 Å². The highest BCUT2D eigenvalue weighted by Gasteiger charge is 2.37. The number of methoxy groups -OCH3 is 1. The Bertz CT molecular complexity index is 1260. The first-order chi connectivity index (χ1) is 16.4. The predicted molar refractivity (Wildman–Crippen MR) is 132 cm³/mol. The molecule has 1 saturated heterocycles. The van der Waals surface area contributed by atoms with Crippen molar-refractivity contribution >= 4 is 16.7 Å². The van der Waals surface area contributed by atoms with Gasteiger partial charge >= 0.3 is 0 Å². The standard InChI is InChI=1S/C25H33N7O2/c1-6-18-15-32(20-13-23(33)29(4)21-16-30(12-10-26)28-25(20)21)19(7-2)14-31(18)17(3)24-22(34-5)9-8-11-27-24/h8-9,11,13,16-19H,6-7,12,14-15H2,1-5H3/t17-,18-,19+/m1/s1. The molecule has 0 unspecified atom stereocenters. The van der Waals surface area contributed by atoms with Gasteiger partial charge in [-0.05, 0) is 31.9 Å². The highest BCUT2D eigenvalue weighted by atomic mass is 16.5. The Hall–Kier alpha value is -3.38. The molecule has 3 atom stereocenters. The van der Waals surface area contributed by atoms with E-state index in [1.807, 2.05) is 18.3 Å². The van der Waals surface area contributed by atoms with Crippen LogP contribution in [0.5, 0.6) is 5.75 Å². The molecule has 0 radical (unpaired) electrons. The number of ether oxygens (including phenoxy) is 1. The van der Waals surface area contributed by atoms with E-state index in [0.717, 1.165) is 54.1 Å². The number of aromatic nitrogens is 4. The summed E-state index contributed by atoms with van der Waals surface area (Å²) in [6.07, 6.45) is 5.49. The molecular formula is C25H33N7O2. The molecule has 4 rings (SSSR count). The Labute approximate surface area is 200 Å². The molecule has 1 aliphatic heterocycles. The molecule has 0 bridgehead atoms. The summed E-state index contributed by atoms with van der Waals surface area (Å²) in [5.74, 6) is 0.802. The molecule has 0 aromatic carbocycles. The lowest BCUT2D eigenvalue weighted by Gasteiger charge is -2.49. The molecule has 34 heavy (non-hydrogen) atoms. The SMILES string of the molecule is CC[C@H]1CN([C@H](C)c2ncccc2OC)[C@H](CC)CN1c1cc(=O)n(C)c2cn(CC#N)nc12. The van der Waals surface area contributed by atoms with Crippen molar-refractivity contribution in [2.24, 2.45) is 7.05 Å². The molecule has 3 aromatic rings. The maximum Gasteiger partial charge on any atom is 0.252 e. The number of pyridine rings is 2.